The Hall–Kier alpha value is -2.56. The third-order valence-electron chi connectivity index (χ3n) is 5.15. The van der Waals surface area contributed by atoms with E-state index in [1.165, 1.54) is 12.1 Å². The van der Waals surface area contributed by atoms with Gasteiger partial charge in [0.2, 0.25) is 5.91 Å². The Morgan fingerprint density at radius 3 is 2.87 bits per heavy atom. The average Bonchev–Trinajstić information content (AvgIpc) is 3.20. The van der Waals surface area contributed by atoms with Crippen molar-refractivity contribution in [1.29, 1.82) is 0 Å². The predicted molar refractivity (Wildman–Crippen MR) is 81.7 cm³/mol. The first-order chi connectivity index (χ1) is 11.1. The number of nitrogens with zero attached hydrogens (tertiary/aromatic N) is 1. The zero-order chi connectivity index (χ0) is 15.8. The van der Waals surface area contributed by atoms with Crippen molar-refractivity contribution in [1.82, 2.24) is 0 Å². The summed E-state index contributed by atoms with van der Waals surface area (Å²) in [6, 6.07) is 8.35. The number of hydrogen-bond donors (Lipinski definition) is 0. The smallest absolute Gasteiger partial charge is 0.245 e. The van der Waals surface area contributed by atoms with Gasteiger partial charge in [-0.3, -0.25) is 4.79 Å². The van der Waals surface area contributed by atoms with Crippen molar-refractivity contribution in [2.24, 2.45) is 0 Å². The highest BCUT2D eigenvalue weighted by atomic mass is 19.1. The molecule has 23 heavy (non-hydrogen) atoms. The Bertz CT molecular complexity index is 879. The minimum atomic E-state index is -0.945. The van der Waals surface area contributed by atoms with Crippen molar-refractivity contribution >= 4 is 11.6 Å². The molecule has 0 fully saturated rings. The first-order valence-electron chi connectivity index (χ1n) is 7.62. The highest BCUT2D eigenvalue weighted by molar-refractivity contribution is 6.11. The zero-order valence-corrected chi connectivity index (χ0v) is 12.6. The summed E-state index contributed by atoms with van der Waals surface area (Å²) in [4.78, 5) is 14.6. The number of halogens is 1. The number of likely N-dealkylation sites (N-methyl/N-ethyl adjacent to an activating group) is 1. The van der Waals surface area contributed by atoms with Gasteiger partial charge in [0, 0.05) is 36.3 Å². The highest BCUT2D eigenvalue weighted by Crippen LogP contribution is 2.53. The van der Waals surface area contributed by atoms with E-state index in [-0.39, 0.29) is 18.3 Å². The molecule has 1 spiro atoms. The Balaban J connectivity index is 1.80. The summed E-state index contributed by atoms with van der Waals surface area (Å²) in [6.07, 6.45) is 0.818. The van der Waals surface area contributed by atoms with E-state index in [2.05, 4.69) is 0 Å². The Morgan fingerprint density at radius 2 is 2.00 bits per heavy atom. The van der Waals surface area contributed by atoms with Crippen LogP contribution in [0.5, 0.6) is 11.5 Å². The Kier molecular flexibility index (Phi) is 2.27. The molecule has 1 unspecified atom stereocenters. The molecule has 5 rings (SSSR count). The number of amides is 1. The van der Waals surface area contributed by atoms with Crippen LogP contribution in [-0.4, -0.2) is 26.2 Å². The third-order valence-corrected chi connectivity index (χ3v) is 5.15. The van der Waals surface area contributed by atoms with Crippen LogP contribution >= 0.6 is 0 Å². The van der Waals surface area contributed by atoms with Crippen LogP contribution in [0.2, 0.25) is 0 Å². The number of benzene rings is 2. The molecular formula is C18H14FNO3. The lowest BCUT2D eigenvalue weighted by molar-refractivity contribution is -0.121. The Labute approximate surface area is 132 Å². The molecule has 116 valence electrons. The molecule has 2 aromatic rings. The summed E-state index contributed by atoms with van der Waals surface area (Å²) < 4.78 is 25.3. The normalized spacial score (nSPS) is 23.6. The summed E-state index contributed by atoms with van der Waals surface area (Å²) in [5.41, 5.74) is 2.38. The zero-order valence-electron chi connectivity index (χ0n) is 12.6. The minimum absolute atomic E-state index is 0.0734. The van der Waals surface area contributed by atoms with Gasteiger partial charge in [0.15, 0.2) is 0 Å². The Morgan fingerprint density at radius 1 is 1.13 bits per heavy atom. The van der Waals surface area contributed by atoms with Gasteiger partial charge in [-0.2, -0.15) is 0 Å². The summed E-state index contributed by atoms with van der Waals surface area (Å²) >= 11 is 0. The van der Waals surface area contributed by atoms with Crippen LogP contribution in [0.25, 0.3) is 0 Å². The van der Waals surface area contributed by atoms with Gasteiger partial charge in [0.1, 0.15) is 29.3 Å². The maximum Gasteiger partial charge on any atom is 0.245 e. The highest BCUT2D eigenvalue weighted by Gasteiger charge is 2.56. The SMILES string of the molecule is CN1C(=O)C2(COc3cc4c(cc32)CCO4)c2cc(F)ccc21. The topological polar surface area (TPSA) is 38.8 Å². The van der Waals surface area contributed by atoms with Crippen LogP contribution < -0.4 is 14.4 Å². The molecule has 4 nitrogen and oxygen atoms in total. The van der Waals surface area contributed by atoms with Crippen LogP contribution in [0.3, 0.4) is 0 Å². The summed E-state index contributed by atoms with van der Waals surface area (Å²) in [5, 5.41) is 0. The number of rotatable bonds is 0. The van der Waals surface area contributed by atoms with Crippen molar-refractivity contribution in [3.63, 3.8) is 0 Å². The molecule has 0 bridgehead atoms. The van der Waals surface area contributed by atoms with Crippen molar-refractivity contribution < 1.29 is 18.7 Å². The van der Waals surface area contributed by atoms with Crippen LogP contribution in [0, 0.1) is 5.82 Å². The maximum atomic E-state index is 13.9. The molecule has 0 aliphatic carbocycles. The number of carbonyl (C=O) groups excluding carboxylic acids is 1. The molecule has 3 aliphatic heterocycles. The van der Waals surface area contributed by atoms with E-state index >= 15 is 0 Å². The average molecular weight is 311 g/mol. The molecule has 0 saturated carbocycles. The molecule has 2 aromatic carbocycles. The van der Waals surface area contributed by atoms with E-state index < -0.39 is 5.41 Å². The van der Waals surface area contributed by atoms with Crippen LogP contribution in [0.15, 0.2) is 30.3 Å². The molecule has 0 saturated heterocycles. The van der Waals surface area contributed by atoms with Gasteiger partial charge in [0.25, 0.3) is 0 Å². The van der Waals surface area contributed by atoms with E-state index in [0.717, 1.165) is 29.0 Å². The van der Waals surface area contributed by atoms with E-state index in [9.17, 15) is 9.18 Å². The lowest BCUT2D eigenvalue weighted by atomic mass is 9.76. The lowest BCUT2D eigenvalue weighted by Gasteiger charge is -2.21. The maximum absolute atomic E-state index is 13.9. The number of ether oxygens (including phenoxy) is 2. The van der Waals surface area contributed by atoms with Crippen molar-refractivity contribution in [2.45, 2.75) is 11.8 Å². The number of carbonyl (C=O) groups is 1. The monoisotopic (exact) mass is 311 g/mol. The fourth-order valence-corrected chi connectivity index (χ4v) is 3.98. The van der Waals surface area contributed by atoms with Gasteiger partial charge in [-0.25, -0.2) is 4.39 Å². The predicted octanol–water partition coefficient (Wildman–Crippen LogP) is 2.42. The second-order valence-corrected chi connectivity index (χ2v) is 6.27. The molecule has 3 heterocycles. The fourth-order valence-electron chi connectivity index (χ4n) is 3.98. The second-order valence-electron chi connectivity index (χ2n) is 6.27. The fraction of sp³-hybridized carbons (Fsp3) is 0.278. The molecule has 0 radical (unpaired) electrons. The quantitative estimate of drug-likeness (QED) is 0.750. The third kappa shape index (κ3) is 1.42. The van der Waals surface area contributed by atoms with Crippen LogP contribution in [0.4, 0.5) is 10.1 Å². The van der Waals surface area contributed by atoms with Crippen molar-refractivity contribution in [2.75, 3.05) is 25.2 Å². The molecule has 0 N–H and O–H groups in total. The van der Waals surface area contributed by atoms with Gasteiger partial charge in [-0.1, -0.05) is 0 Å². The largest absolute Gasteiger partial charge is 0.493 e. The van der Waals surface area contributed by atoms with Crippen molar-refractivity contribution in [3.8, 4) is 11.5 Å². The second kappa shape index (κ2) is 4.04. The standard InChI is InChI=1S/C18H14FNO3/c1-20-14-3-2-11(19)7-12(14)18(17(20)21)9-23-16-8-15-10(4-5-22-15)6-13(16)18/h2-3,6-8H,4-5,9H2,1H3. The molecule has 1 amide bonds. The van der Waals surface area contributed by atoms with Crippen LogP contribution in [-0.2, 0) is 16.6 Å². The van der Waals surface area contributed by atoms with Crippen LogP contribution in [0.1, 0.15) is 16.7 Å². The van der Waals surface area contributed by atoms with Gasteiger partial charge < -0.3 is 14.4 Å². The molecule has 0 aromatic heterocycles. The van der Waals surface area contributed by atoms with E-state index in [1.807, 2.05) is 12.1 Å². The van der Waals surface area contributed by atoms with E-state index in [1.54, 1.807) is 18.0 Å². The van der Waals surface area contributed by atoms with Gasteiger partial charge in [-0.15, -0.1) is 0 Å². The van der Waals surface area contributed by atoms with Gasteiger partial charge >= 0.3 is 0 Å². The summed E-state index contributed by atoms with van der Waals surface area (Å²) in [6.45, 7) is 0.842. The number of fused-ring (bicyclic) bond motifs is 5. The van der Waals surface area contributed by atoms with E-state index in [0.29, 0.717) is 17.9 Å². The molecule has 3 aliphatic rings. The summed E-state index contributed by atoms with van der Waals surface area (Å²) in [5.74, 6) is 1.06. The molecular weight excluding hydrogens is 297 g/mol. The lowest BCUT2D eigenvalue weighted by Crippen LogP contribution is -2.41. The first-order valence-corrected chi connectivity index (χ1v) is 7.62. The van der Waals surface area contributed by atoms with Crippen molar-refractivity contribution in [3.05, 3.63) is 52.8 Å². The number of anilines is 1. The minimum Gasteiger partial charge on any atom is -0.493 e. The van der Waals surface area contributed by atoms with Gasteiger partial charge in [-0.05, 0) is 29.8 Å². The molecule has 1 atom stereocenters. The molecule has 5 heteroatoms. The summed E-state index contributed by atoms with van der Waals surface area (Å²) in [7, 11) is 1.72. The first kappa shape index (κ1) is 12.9. The van der Waals surface area contributed by atoms with Gasteiger partial charge in [0.05, 0.1) is 6.61 Å². The number of hydrogen-bond acceptors (Lipinski definition) is 3. The van der Waals surface area contributed by atoms with E-state index in [4.69, 9.17) is 9.47 Å².